The van der Waals surface area contributed by atoms with Crippen molar-refractivity contribution in [1.29, 1.82) is 0 Å². The first-order valence-corrected chi connectivity index (χ1v) is 7.53. The summed E-state index contributed by atoms with van der Waals surface area (Å²) in [5.74, 6) is 2.37. The van der Waals surface area contributed by atoms with Gasteiger partial charge in [0.15, 0.2) is 0 Å². The van der Waals surface area contributed by atoms with E-state index < -0.39 is 0 Å². The van der Waals surface area contributed by atoms with Crippen LogP contribution in [0.25, 0.3) is 0 Å². The number of rotatable bonds is 6. The Balaban J connectivity index is 1.95. The van der Waals surface area contributed by atoms with Crippen LogP contribution >= 0.6 is 0 Å². The van der Waals surface area contributed by atoms with Gasteiger partial charge in [-0.1, -0.05) is 32.6 Å². The highest BCUT2D eigenvalue weighted by Crippen LogP contribution is 2.22. The third kappa shape index (κ3) is 4.69. The molecule has 0 amide bonds. The Kier molecular flexibility index (Phi) is 5.43. The Bertz CT molecular complexity index is 389. The summed E-state index contributed by atoms with van der Waals surface area (Å²) in [5, 5.41) is 3.52. The Morgan fingerprint density at radius 1 is 1.26 bits per heavy atom. The Morgan fingerprint density at radius 2 is 2.05 bits per heavy atom. The van der Waals surface area contributed by atoms with Crippen LogP contribution in [0.15, 0.2) is 6.07 Å². The maximum Gasteiger partial charge on any atom is 0.218 e. The van der Waals surface area contributed by atoms with Gasteiger partial charge in [-0.3, -0.25) is 0 Å². The fourth-order valence-electron chi connectivity index (χ4n) is 2.47. The van der Waals surface area contributed by atoms with Crippen LogP contribution in [0.4, 0.5) is 5.82 Å². The first-order valence-electron chi connectivity index (χ1n) is 7.53. The summed E-state index contributed by atoms with van der Waals surface area (Å²) in [5.41, 5.74) is 0. The summed E-state index contributed by atoms with van der Waals surface area (Å²) in [6.07, 6.45) is 8.70. The molecule has 4 heteroatoms. The highest BCUT2D eigenvalue weighted by atomic mass is 16.5. The van der Waals surface area contributed by atoms with Crippen molar-refractivity contribution in [2.24, 2.45) is 0 Å². The normalized spacial score (nSPS) is 16.3. The molecule has 2 rings (SSSR count). The molecule has 1 saturated carbocycles. The van der Waals surface area contributed by atoms with Gasteiger partial charge in [0.25, 0.3) is 0 Å². The van der Waals surface area contributed by atoms with E-state index in [4.69, 9.17) is 4.74 Å². The minimum atomic E-state index is 0.562. The molecule has 0 unspecified atom stereocenters. The standard InChI is InChI=1S/C15H25N3O/c1-3-4-10-19-15-11-14(16-12(2)17-15)18-13-8-6-5-7-9-13/h11,13H,3-10H2,1-2H3,(H,16,17,18). The first kappa shape index (κ1) is 14.1. The van der Waals surface area contributed by atoms with Gasteiger partial charge < -0.3 is 10.1 Å². The van der Waals surface area contributed by atoms with Gasteiger partial charge in [-0.25, -0.2) is 4.98 Å². The van der Waals surface area contributed by atoms with E-state index in [9.17, 15) is 0 Å². The molecule has 19 heavy (non-hydrogen) atoms. The molecule has 0 spiro atoms. The van der Waals surface area contributed by atoms with Gasteiger partial charge in [0, 0.05) is 12.1 Å². The van der Waals surface area contributed by atoms with E-state index in [0.29, 0.717) is 11.9 Å². The summed E-state index contributed by atoms with van der Waals surface area (Å²) in [6.45, 7) is 4.80. The topological polar surface area (TPSA) is 47.0 Å². The third-order valence-electron chi connectivity index (χ3n) is 3.52. The minimum absolute atomic E-state index is 0.562. The highest BCUT2D eigenvalue weighted by Gasteiger charge is 2.14. The van der Waals surface area contributed by atoms with Crippen LogP contribution < -0.4 is 10.1 Å². The van der Waals surface area contributed by atoms with E-state index in [2.05, 4.69) is 22.2 Å². The predicted octanol–water partition coefficient (Wildman–Crippen LogP) is 3.71. The number of ether oxygens (including phenoxy) is 1. The second-order valence-electron chi connectivity index (χ2n) is 5.32. The lowest BCUT2D eigenvalue weighted by molar-refractivity contribution is 0.296. The molecular weight excluding hydrogens is 238 g/mol. The zero-order valence-corrected chi connectivity index (χ0v) is 12.1. The minimum Gasteiger partial charge on any atom is -0.478 e. The number of aromatic nitrogens is 2. The molecule has 1 N–H and O–H groups in total. The van der Waals surface area contributed by atoms with Crippen molar-refractivity contribution < 1.29 is 4.74 Å². The number of hydrogen-bond acceptors (Lipinski definition) is 4. The van der Waals surface area contributed by atoms with Crippen molar-refractivity contribution in [2.45, 2.75) is 64.8 Å². The summed E-state index contributed by atoms with van der Waals surface area (Å²) in [4.78, 5) is 8.78. The Labute approximate surface area is 116 Å². The summed E-state index contributed by atoms with van der Waals surface area (Å²) in [7, 11) is 0. The van der Waals surface area contributed by atoms with Gasteiger partial charge in [0.05, 0.1) is 6.61 Å². The molecule has 0 saturated heterocycles. The molecule has 1 heterocycles. The fourth-order valence-corrected chi connectivity index (χ4v) is 2.47. The molecule has 1 fully saturated rings. The van der Waals surface area contributed by atoms with Crippen molar-refractivity contribution in [1.82, 2.24) is 9.97 Å². The van der Waals surface area contributed by atoms with Gasteiger partial charge in [-0.15, -0.1) is 0 Å². The molecule has 0 bridgehead atoms. The SMILES string of the molecule is CCCCOc1cc(NC2CCCCC2)nc(C)n1. The number of hydrogen-bond donors (Lipinski definition) is 1. The monoisotopic (exact) mass is 263 g/mol. The van der Waals surface area contributed by atoms with Gasteiger partial charge in [0.2, 0.25) is 5.88 Å². The van der Waals surface area contributed by atoms with Crippen LogP contribution in [0.2, 0.25) is 0 Å². The van der Waals surface area contributed by atoms with Crippen molar-refractivity contribution in [2.75, 3.05) is 11.9 Å². The maximum atomic E-state index is 5.67. The smallest absolute Gasteiger partial charge is 0.218 e. The van der Waals surface area contributed by atoms with Crippen LogP contribution in [0.3, 0.4) is 0 Å². The molecule has 0 radical (unpaired) electrons. The molecule has 106 valence electrons. The molecule has 0 aromatic carbocycles. The molecule has 1 aliphatic carbocycles. The van der Waals surface area contributed by atoms with Gasteiger partial charge in [0.1, 0.15) is 11.6 Å². The number of nitrogens with zero attached hydrogens (tertiary/aromatic N) is 2. The second-order valence-corrected chi connectivity index (χ2v) is 5.32. The summed E-state index contributed by atoms with van der Waals surface area (Å²) >= 11 is 0. The van der Waals surface area contributed by atoms with Crippen molar-refractivity contribution >= 4 is 5.82 Å². The number of nitrogens with one attached hydrogen (secondary N) is 1. The van der Waals surface area contributed by atoms with Crippen LogP contribution in [-0.4, -0.2) is 22.6 Å². The highest BCUT2D eigenvalue weighted by molar-refractivity contribution is 5.39. The maximum absolute atomic E-state index is 5.67. The average molecular weight is 263 g/mol. The molecule has 1 aliphatic rings. The Hall–Kier alpha value is -1.32. The molecule has 1 aromatic rings. The first-order chi connectivity index (χ1) is 9.28. The molecule has 4 nitrogen and oxygen atoms in total. The van der Waals surface area contributed by atoms with Crippen molar-refractivity contribution in [3.05, 3.63) is 11.9 Å². The van der Waals surface area contributed by atoms with E-state index in [1.54, 1.807) is 0 Å². The van der Waals surface area contributed by atoms with Crippen LogP contribution in [-0.2, 0) is 0 Å². The summed E-state index contributed by atoms with van der Waals surface area (Å²) in [6, 6.07) is 2.49. The van der Waals surface area contributed by atoms with Crippen LogP contribution in [0, 0.1) is 6.92 Å². The predicted molar refractivity (Wildman–Crippen MR) is 77.7 cm³/mol. The van der Waals surface area contributed by atoms with E-state index in [-0.39, 0.29) is 0 Å². The molecular formula is C15H25N3O. The van der Waals surface area contributed by atoms with E-state index >= 15 is 0 Å². The van der Waals surface area contributed by atoms with Gasteiger partial charge in [-0.2, -0.15) is 4.98 Å². The lowest BCUT2D eigenvalue weighted by atomic mass is 9.95. The zero-order chi connectivity index (χ0) is 13.5. The van der Waals surface area contributed by atoms with E-state index in [1.165, 1.54) is 32.1 Å². The fraction of sp³-hybridized carbons (Fsp3) is 0.733. The third-order valence-corrected chi connectivity index (χ3v) is 3.52. The van der Waals surface area contributed by atoms with E-state index in [0.717, 1.165) is 31.1 Å². The van der Waals surface area contributed by atoms with Gasteiger partial charge in [-0.05, 0) is 26.2 Å². The van der Waals surface area contributed by atoms with Gasteiger partial charge >= 0.3 is 0 Å². The molecule has 0 atom stereocenters. The number of unbranched alkanes of at least 4 members (excludes halogenated alkanes) is 1. The number of aryl methyl sites for hydroxylation is 1. The quantitative estimate of drug-likeness (QED) is 0.795. The van der Waals surface area contributed by atoms with Crippen molar-refractivity contribution in [3.8, 4) is 5.88 Å². The zero-order valence-electron chi connectivity index (χ0n) is 12.1. The molecule has 0 aliphatic heterocycles. The van der Waals surface area contributed by atoms with Crippen molar-refractivity contribution in [3.63, 3.8) is 0 Å². The summed E-state index contributed by atoms with van der Waals surface area (Å²) < 4.78 is 5.67. The largest absolute Gasteiger partial charge is 0.478 e. The molecule has 1 aromatic heterocycles. The van der Waals surface area contributed by atoms with Crippen LogP contribution in [0.1, 0.15) is 57.7 Å². The second kappa shape index (κ2) is 7.31. The van der Waals surface area contributed by atoms with E-state index in [1.807, 2.05) is 13.0 Å². The average Bonchev–Trinajstić information content (AvgIpc) is 2.39. The van der Waals surface area contributed by atoms with Crippen LogP contribution in [0.5, 0.6) is 5.88 Å². The lowest BCUT2D eigenvalue weighted by Crippen LogP contribution is -2.23. The Morgan fingerprint density at radius 3 is 2.79 bits per heavy atom. The lowest BCUT2D eigenvalue weighted by Gasteiger charge is -2.23. The number of anilines is 1.